The second-order valence-corrected chi connectivity index (χ2v) is 18.2. The summed E-state index contributed by atoms with van der Waals surface area (Å²) >= 11 is -3.15. The van der Waals surface area contributed by atoms with Gasteiger partial charge in [-0.15, -0.1) is 0 Å². The fourth-order valence-electron chi connectivity index (χ4n) is 5.13. The Labute approximate surface area is 564 Å². The summed E-state index contributed by atoms with van der Waals surface area (Å²) in [6, 6.07) is 7.38. The molecule has 2 aromatic heterocycles. The molecule has 0 saturated heterocycles. The van der Waals surface area contributed by atoms with E-state index in [1.54, 1.807) is 0 Å². The summed E-state index contributed by atoms with van der Waals surface area (Å²) in [4.78, 5) is 26.7. The van der Waals surface area contributed by atoms with E-state index in [0.717, 1.165) is 6.07 Å². The molecule has 352 valence electrons. The molecule has 4 rings (SSSR count). The first-order chi connectivity index (χ1) is 29.9. The number of aromatic nitrogens is 6. The first kappa shape index (κ1) is 69.0. The van der Waals surface area contributed by atoms with Crippen LogP contribution in [0.2, 0.25) is 0 Å². The zero-order valence-corrected chi connectivity index (χ0v) is 53.1. The maximum absolute atomic E-state index is 12.5. The van der Waals surface area contributed by atoms with Gasteiger partial charge in [0, 0.05) is 63.3 Å². The number of rotatable bonds is 25. The molecule has 2 heterocycles. The average Bonchev–Trinajstić information content (AvgIpc) is 3.19. The van der Waals surface area contributed by atoms with Crippen LogP contribution in [-0.2, 0) is 41.7 Å². The SMILES string of the molecule is CN(CC(O)CO)c1nc(NCCS(=O)(=O)[O-])nc(Nc2ccc(C=Cc3ccc(Nc4nc(NCCS(=O)(=O)[O-])nc(N(C)CC(O)CO)n4)cc3S(=O)(=O)[O-])c(OS(=O)[O-])c2)n1.[K+].[K+].[K+].[K+]. The van der Waals surface area contributed by atoms with Gasteiger partial charge in [-0.2, -0.15) is 29.9 Å². The molecule has 3 atom stereocenters. The van der Waals surface area contributed by atoms with Crippen LogP contribution in [0.4, 0.5) is 47.1 Å². The Balaban J connectivity index is 0.0000112. The van der Waals surface area contributed by atoms with Gasteiger partial charge in [0.25, 0.3) is 0 Å². The molecule has 4 aromatic rings. The normalized spacial score (nSPS) is 12.7. The van der Waals surface area contributed by atoms with Gasteiger partial charge >= 0.3 is 206 Å². The molecular formula is C32H40K4N12O16S4. The number of likely N-dealkylation sites (N-methyl/N-ethyl adjacent to an activating group) is 2. The fourth-order valence-corrected chi connectivity index (χ4v) is 6.82. The monoisotopic (exact) mass is 1130 g/mol. The van der Waals surface area contributed by atoms with E-state index in [9.17, 15) is 68.1 Å². The number of nitrogens with zero attached hydrogens (tertiary/aromatic N) is 8. The van der Waals surface area contributed by atoms with Crippen molar-refractivity contribution >= 4 is 101 Å². The summed E-state index contributed by atoms with van der Waals surface area (Å²) in [5.74, 6) is -3.12. The smallest absolute Gasteiger partial charge is 0.748 e. The largest absolute Gasteiger partial charge is 1.00 e. The molecule has 3 unspecified atom stereocenters. The second kappa shape index (κ2) is 32.5. The Morgan fingerprint density at radius 1 is 0.662 bits per heavy atom. The van der Waals surface area contributed by atoms with Gasteiger partial charge in [0.05, 0.1) is 62.1 Å². The van der Waals surface area contributed by atoms with Crippen LogP contribution in [0.25, 0.3) is 12.2 Å². The minimum atomic E-state index is -5.22. The van der Waals surface area contributed by atoms with Crippen LogP contribution in [0.15, 0.2) is 41.3 Å². The van der Waals surface area contributed by atoms with E-state index in [-0.39, 0.29) is 283 Å². The van der Waals surface area contributed by atoms with Crippen molar-refractivity contribution in [2.24, 2.45) is 0 Å². The minimum absolute atomic E-state index is 0. The molecule has 36 heteroatoms. The molecule has 0 aliphatic carbocycles. The molecule has 28 nitrogen and oxygen atoms in total. The third-order valence-electron chi connectivity index (χ3n) is 8.00. The standard InChI is InChI=1S/C32H44N12O16S4.4K/c1-43(15-23(47)17-45)31-39-27(33-9-11-62(51,52)53)37-29(41-31)35-21-7-5-19(25(13-21)60-61(49)50)3-4-20-6-8-22(14-26(20)64(57,58)59)36-30-38-28(34-10-12-63(54,55)56)40-32(42-30)44(2)16-24(48)18-46;;;;/h3-8,13-14,23-24,45-48H,9-12,15-18H2,1-2H3,(H,49,50)(H,51,52,53)(H,54,55,56)(H,57,58,59)(H2,33,35,37,39,41)(H2,34,36,38,40,42);;;;/q;4*+1/p-4. The first-order valence-electron chi connectivity index (χ1n) is 18.0. The van der Waals surface area contributed by atoms with Crippen LogP contribution in [0.3, 0.4) is 0 Å². The predicted molar refractivity (Wildman–Crippen MR) is 224 cm³/mol. The Hall–Kier alpha value is 1.03. The third kappa shape index (κ3) is 25.0. The van der Waals surface area contributed by atoms with E-state index >= 15 is 0 Å². The van der Waals surface area contributed by atoms with Gasteiger partial charge in [-0.3, -0.25) is 0 Å². The Kier molecular flexibility index (Phi) is 33.0. The molecule has 0 fully saturated rings. The van der Waals surface area contributed by atoms with Gasteiger partial charge in [0.15, 0.2) is 0 Å². The van der Waals surface area contributed by atoms with E-state index in [4.69, 9.17) is 4.18 Å². The third-order valence-corrected chi connectivity index (χ3v) is 10.6. The summed E-state index contributed by atoms with van der Waals surface area (Å²) in [6.07, 6.45) is -0.0318. The van der Waals surface area contributed by atoms with Crippen LogP contribution < -0.4 is 241 Å². The first-order valence-corrected chi connectivity index (χ1v) is 23.6. The maximum Gasteiger partial charge on any atom is 1.00 e. The zero-order valence-electron chi connectivity index (χ0n) is 37.3. The average molecular weight is 1130 g/mol. The topological polar surface area (TPSA) is 434 Å². The van der Waals surface area contributed by atoms with Gasteiger partial charge in [0.1, 0.15) is 27.2 Å². The Bertz CT molecular complexity index is 2670. The van der Waals surface area contributed by atoms with E-state index < -0.39 is 96.6 Å². The molecule has 0 radical (unpaired) electrons. The van der Waals surface area contributed by atoms with Crippen LogP contribution in [0, 0.1) is 0 Å². The van der Waals surface area contributed by atoms with E-state index in [2.05, 4.69) is 51.2 Å². The molecule has 2 aromatic carbocycles. The van der Waals surface area contributed by atoms with E-state index in [0.29, 0.717) is 0 Å². The number of nitrogens with one attached hydrogen (secondary N) is 4. The summed E-state index contributed by atoms with van der Waals surface area (Å²) < 4.78 is 132. The molecule has 0 saturated carbocycles. The van der Waals surface area contributed by atoms with Crippen molar-refractivity contribution in [2.45, 2.75) is 17.1 Å². The number of hydrogen-bond acceptors (Lipinski definition) is 28. The zero-order chi connectivity index (χ0) is 47.4. The van der Waals surface area contributed by atoms with Crippen molar-refractivity contribution in [3.8, 4) is 5.75 Å². The minimum Gasteiger partial charge on any atom is -0.748 e. The maximum atomic E-state index is 12.5. The summed E-state index contributed by atoms with van der Waals surface area (Å²) in [7, 11) is -11.6. The Morgan fingerprint density at radius 3 is 1.46 bits per heavy atom. The molecule has 0 aliphatic rings. The fraction of sp³-hybridized carbons (Fsp3) is 0.375. The molecular weight excluding hydrogens is 1090 g/mol. The molecule has 0 bridgehead atoms. The summed E-state index contributed by atoms with van der Waals surface area (Å²) in [6.45, 7) is -2.34. The summed E-state index contributed by atoms with van der Waals surface area (Å²) in [5, 5.41) is 48.9. The van der Waals surface area contributed by atoms with E-state index in [1.807, 2.05) is 0 Å². The Morgan fingerprint density at radius 2 is 1.06 bits per heavy atom. The number of aliphatic hydroxyl groups is 4. The quantitative estimate of drug-likeness (QED) is 0.0132. The van der Waals surface area contributed by atoms with Crippen molar-refractivity contribution in [2.75, 3.05) is 96.1 Å². The van der Waals surface area contributed by atoms with Gasteiger partial charge in [-0.25, -0.2) is 29.5 Å². The van der Waals surface area contributed by atoms with Crippen molar-refractivity contribution in [3.05, 3.63) is 47.5 Å². The molecule has 68 heavy (non-hydrogen) atoms. The molecule has 0 spiro atoms. The molecule has 0 aliphatic heterocycles. The van der Waals surface area contributed by atoms with Crippen LogP contribution in [-0.4, -0.2) is 175 Å². The van der Waals surface area contributed by atoms with E-state index in [1.165, 1.54) is 66.4 Å². The van der Waals surface area contributed by atoms with Crippen molar-refractivity contribution in [3.63, 3.8) is 0 Å². The van der Waals surface area contributed by atoms with Crippen molar-refractivity contribution in [1.29, 1.82) is 0 Å². The second-order valence-electron chi connectivity index (χ2n) is 13.2. The predicted octanol–water partition coefficient (Wildman–Crippen LogP) is -14.7. The molecule has 0 amide bonds. The number of benzene rings is 2. The van der Waals surface area contributed by atoms with Crippen LogP contribution in [0.5, 0.6) is 5.75 Å². The molecule has 8 N–H and O–H groups in total. The van der Waals surface area contributed by atoms with Gasteiger partial charge in [-0.1, -0.05) is 18.2 Å². The van der Waals surface area contributed by atoms with Crippen LogP contribution >= 0.6 is 0 Å². The van der Waals surface area contributed by atoms with Crippen LogP contribution in [0.1, 0.15) is 11.1 Å². The van der Waals surface area contributed by atoms with Crippen molar-refractivity contribution < 1.29 is 278 Å². The van der Waals surface area contributed by atoms with Crippen molar-refractivity contribution in [1.82, 2.24) is 29.9 Å². The number of aliphatic hydroxyl groups excluding tert-OH is 4. The number of hydrogen-bond donors (Lipinski definition) is 8. The van der Waals surface area contributed by atoms with Gasteiger partial charge < -0.3 is 73.9 Å². The van der Waals surface area contributed by atoms with Gasteiger partial charge in [-0.05, 0) is 29.8 Å². The summed E-state index contributed by atoms with van der Waals surface area (Å²) in [5.41, 5.74) is -0.0863. The number of anilines is 8. The van der Waals surface area contributed by atoms with Gasteiger partial charge in [0.2, 0.25) is 35.7 Å².